The molecule has 1 saturated heterocycles. The first-order chi connectivity index (χ1) is 13.7. The number of halogens is 3. The van der Waals surface area contributed by atoms with Gasteiger partial charge in [0.15, 0.2) is 0 Å². The van der Waals surface area contributed by atoms with E-state index in [2.05, 4.69) is 0 Å². The molecule has 1 unspecified atom stereocenters. The Morgan fingerprint density at radius 2 is 1.69 bits per heavy atom. The summed E-state index contributed by atoms with van der Waals surface area (Å²) in [6.45, 7) is 1.37. The number of primary amides is 1. The zero-order chi connectivity index (χ0) is 21.2. The molecule has 1 amide bonds. The molecule has 29 heavy (non-hydrogen) atoms. The highest BCUT2D eigenvalue weighted by Crippen LogP contribution is 2.37. The highest BCUT2D eigenvalue weighted by atomic mass is 19.4. The topological polar surface area (TPSA) is 92.7 Å². The van der Waals surface area contributed by atoms with Gasteiger partial charge in [-0.2, -0.15) is 13.2 Å². The summed E-state index contributed by atoms with van der Waals surface area (Å²) in [5.41, 5.74) is 4.78. The van der Waals surface area contributed by atoms with Crippen LogP contribution in [0.3, 0.4) is 0 Å². The van der Waals surface area contributed by atoms with E-state index < -0.39 is 34.3 Å². The molecule has 1 aliphatic heterocycles. The molecule has 2 aromatic rings. The number of nitro groups is 1. The summed E-state index contributed by atoms with van der Waals surface area (Å²) >= 11 is 0. The maximum Gasteiger partial charge on any atom is 0.416 e. The van der Waals surface area contributed by atoms with E-state index in [9.17, 15) is 28.1 Å². The number of benzene rings is 2. The van der Waals surface area contributed by atoms with Crippen LogP contribution in [0, 0.1) is 10.1 Å². The highest BCUT2D eigenvalue weighted by Gasteiger charge is 2.35. The number of rotatable bonds is 5. The molecule has 0 spiro atoms. The molecule has 0 aliphatic carbocycles. The second-order valence-corrected chi connectivity index (χ2v) is 6.70. The number of nitro benzene ring substituents is 1. The lowest BCUT2D eigenvalue weighted by atomic mass is 10.0. The van der Waals surface area contributed by atoms with E-state index in [0.29, 0.717) is 32.2 Å². The number of hydrogen-bond donors (Lipinski definition) is 1. The average Bonchev–Trinajstić information content (AvgIpc) is 2.68. The number of carbonyl (C=O) groups excluding carboxylic acids is 1. The molecule has 7 nitrogen and oxygen atoms in total. The van der Waals surface area contributed by atoms with Gasteiger partial charge in [-0.05, 0) is 17.7 Å². The van der Waals surface area contributed by atoms with Crippen LogP contribution in [0.15, 0.2) is 48.5 Å². The van der Waals surface area contributed by atoms with Gasteiger partial charge >= 0.3 is 6.18 Å². The maximum atomic E-state index is 12.9. The molecule has 1 heterocycles. The first-order valence-corrected chi connectivity index (χ1v) is 8.87. The summed E-state index contributed by atoms with van der Waals surface area (Å²) in [4.78, 5) is 26.0. The number of piperazine rings is 1. The summed E-state index contributed by atoms with van der Waals surface area (Å²) in [5.74, 6) is -0.509. The van der Waals surface area contributed by atoms with E-state index in [0.717, 1.165) is 17.7 Å². The molecule has 2 N–H and O–H groups in total. The van der Waals surface area contributed by atoms with Crippen LogP contribution in [-0.4, -0.2) is 41.9 Å². The Hall–Kier alpha value is -3.14. The molecular weight excluding hydrogens is 389 g/mol. The Balaban J connectivity index is 1.80. The van der Waals surface area contributed by atoms with E-state index in [1.54, 1.807) is 29.2 Å². The van der Waals surface area contributed by atoms with Crippen molar-refractivity contribution in [3.63, 3.8) is 0 Å². The van der Waals surface area contributed by atoms with Crippen LogP contribution in [0.1, 0.15) is 17.2 Å². The highest BCUT2D eigenvalue weighted by molar-refractivity contribution is 5.81. The van der Waals surface area contributed by atoms with Crippen molar-refractivity contribution in [2.75, 3.05) is 31.1 Å². The van der Waals surface area contributed by atoms with Gasteiger partial charge in [0.2, 0.25) is 5.91 Å². The number of amides is 1. The number of hydrogen-bond acceptors (Lipinski definition) is 5. The van der Waals surface area contributed by atoms with Gasteiger partial charge in [0.25, 0.3) is 5.69 Å². The fourth-order valence-electron chi connectivity index (χ4n) is 3.52. The molecule has 1 aliphatic rings. The third kappa shape index (κ3) is 4.48. The molecule has 0 saturated carbocycles. The number of carbonyl (C=O) groups is 1. The van der Waals surface area contributed by atoms with Crippen LogP contribution < -0.4 is 10.6 Å². The SMILES string of the molecule is NC(=O)C(c1ccccc1)N1CCN(c2ccc(C(F)(F)F)cc2[N+](=O)[O-])CC1. The summed E-state index contributed by atoms with van der Waals surface area (Å²) in [7, 11) is 0. The second-order valence-electron chi connectivity index (χ2n) is 6.70. The number of nitrogens with zero attached hydrogens (tertiary/aromatic N) is 3. The minimum Gasteiger partial charge on any atom is -0.368 e. The van der Waals surface area contributed by atoms with Crippen molar-refractivity contribution in [1.29, 1.82) is 0 Å². The lowest BCUT2D eigenvalue weighted by Gasteiger charge is -2.39. The molecule has 154 valence electrons. The van der Waals surface area contributed by atoms with E-state index >= 15 is 0 Å². The quantitative estimate of drug-likeness (QED) is 0.607. The number of anilines is 1. The van der Waals surface area contributed by atoms with Crippen LogP contribution in [0.5, 0.6) is 0 Å². The van der Waals surface area contributed by atoms with Crippen molar-refractivity contribution in [3.8, 4) is 0 Å². The van der Waals surface area contributed by atoms with E-state index in [-0.39, 0.29) is 5.69 Å². The van der Waals surface area contributed by atoms with Crippen LogP contribution in [-0.2, 0) is 11.0 Å². The van der Waals surface area contributed by atoms with Crippen molar-refractivity contribution in [2.24, 2.45) is 5.73 Å². The van der Waals surface area contributed by atoms with Gasteiger partial charge in [0, 0.05) is 32.2 Å². The first-order valence-electron chi connectivity index (χ1n) is 8.87. The number of nitrogens with two attached hydrogens (primary N) is 1. The normalized spacial score (nSPS) is 16.4. The molecule has 2 aromatic carbocycles. The van der Waals surface area contributed by atoms with Gasteiger partial charge in [-0.15, -0.1) is 0 Å². The summed E-state index contributed by atoms with van der Waals surface area (Å²) < 4.78 is 38.7. The van der Waals surface area contributed by atoms with Crippen LogP contribution in [0.25, 0.3) is 0 Å². The average molecular weight is 408 g/mol. The van der Waals surface area contributed by atoms with Crippen LogP contribution in [0.2, 0.25) is 0 Å². The van der Waals surface area contributed by atoms with Crippen molar-refractivity contribution >= 4 is 17.3 Å². The Bertz CT molecular complexity index is 897. The fraction of sp³-hybridized carbons (Fsp3) is 0.316. The minimum atomic E-state index is -4.66. The monoisotopic (exact) mass is 408 g/mol. The summed E-state index contributed by atoms with van der Waals surface area (Å²) in [6.07, 6.45) is -4.66. The van der Waals surface area contributed by atoms with Gasteiger partial charge in [0.05, 0.1) is 10.5 Å². The fourth-order valence-corrected chi connectivity index (χ4v) is 3.52. The molecule has 0 bridgehead atoms. The van der Waals surface area contributed by atoms with Crippen molar-refractivity contribution in [1.82, 2.24) is 4.90 Å². The Morgan fingerprint density at radius 3 is 2.21 bits per heavy atom. The van der Waals surface area contributed by atoms with Gasteiger partial charge in [0.1, 0.15) is 11.7 Å². The predicted molar refractivity (Wildman–Crippen MR) is 100 cm³/mol. The zero-order valence-electron chi connectivity index (χ0n) is 15.3. The van der Waals surface area contributed by atoms with Crippen LogP contribution >= 0.6 is 0 Å². The second kappa shape index (κ2) is 8.08. The largest absolute Gasteiger partial charge is 0.416 e. The Labute approximate surface area is 164 Å². The van der Waals surface area contributed by atoms with E-state index in [1.807, 2.05) is 11.0 Å². The maximum absolute atomic E-state index is 12.9. The predicted octanol–water partition coefficient (Wildman–Crippen LogP) is 2.96. The number of alkyl halides is 3. The van der Waals surface area contributed by atoms with Gasteiger partial charge in [-0.25, -0.2) is 0 Å². The van der Waals surface area contributed by atoms with E-state index in [4.69, 9.17) is 5.73 Å². The lowest BCUT2D eigenvalue weighted by Crippen LogP contribution is -2.50. The summed E-state index contributed by atoms with van der Waals surface area (Å²) in [5, 5.41) is 11.3. The van der Waals surface area contributed by atoms with Crippen molar-refractivity contribution in [2.45, 2.75) is 12.2 Å². The standard InChI is InChI=1S/C19H19F3N4O3/c20-19(21,22)14-6-7-15(16(12-14)26(28)29)24-8-10-25(11-9-24)17(18(23)27)13-4-2-1-3-5-13/h1-7,12,17H,8-11H2,(H2,23,27). The third-order valence-electron chi connectivity index (χ3n) is 4.90. The molecule has 1 fully saturated rings. The van der Waals surface area contributed by atoms with Crippen molar-refractivity contribution < 1.29 is 22.9 Å². The van der Waals surface area contributed by atoms with Crippen LogP contribution in [0.4, 0.5) is 24.5 Å². The molecular formula is C19H19F3N4O3. The molecule has 0 radical (unpaired) electrons. The smallest absolute Gasteiger partial charge is 0.368 e. The molecule has 0 aromatic heterocycles. The first kappa shape index (κ1) is 20.6. The van der Waals surface area contributed by atoms with Gasteiger partial charge in [-0.3, -0.25) is 19.8 Å². The van der Waals surface area contributed by atoms with Gasteiger partial charge < -0.3 is 10.6 Å². The van der Waals surface area contributed by atoms with E-state index in [1.165, 1.54) is 0 Å². The molecule has 3 rings (SSSR count). The van der Waals surface area contributed by atoms with Crippen molar-refractivity contribution in [3.05, 3.63) is 69.8 Å². The molecule has 1 atom stereocenters. The third-order valence-corrected chi connectivity index (χ3v) is 4.90. The molecule has 10 heteroatoms. The minimum absolute atomic E-state index is 0.123. The Morgan fingerprint density at radius 1 is 1.07 bits per heavy atom. The lowest BCUT2D eigenvalue weighted by molar-refractivity contribution is -0.384. The van der Waals surface area contributed by atoms with Gasteiger partial charge in [-0.1, -0.05) is 30.3 Å². The zero-order valence-corrected chi connectivity index (χ0v) is 15.3. The summed E-state index contributed by atoms with van der Waals surface area (Å²) in [6, 6.07) is 10.9. The Kier molecular flexibility index (Phi) is 5.73.